The minimum atomic E-state index is 0.174. The molecule has 1 aliphatic heterocycles. The second kappa shape index (κ2) is 3.92. The predicted molar refractivity (Wildman–Crippen MR) is 50.7 cm³/mol. The van der Waals surface area contributed by atoms with Crippen molar-refractivity contribution in [1.82, 2.24) is 4.98 Å². The third-order valence-corrected chi connectivity index (χ3v) is 2.43. The van der Waals surface area contributed by atoms with Gasteiger partial charge < -0.3 is 0 Å². The van der Waals surface area contributed by atoms with Crippen LogP contribution in [0.4, 0.5) is 0 Å². The average molecular weight is 236 g/mol. The Morgan fingerprint density at radius 3 is 3.08 bits per heavy atom. The Kier molecular flexibility index (Phi) is 2.65. The summed E-state index contributed by atoms with van der Waals surface area (Å²) in [6.45, 7) is 0.731. The molecule has 13 heavy (non-hydrogen) atoms. The first-order valence-corrected chi connectivity index (χ1v) is 5.10. The topological polar surface area (TPSA) is 34.5 Å². The van der Waals surface area contributed by atoms with E-state index in [0.717, 1.165) is 18.7 Å². The summed E-state index contributed by atoms with van der Waals surface area (Å²) in [6, 6.07) is 6.07. The summed E-state index contributed by atoms with van der Waals surface area (Å²) in [7, 11) is 0. The van der Waals surface area contributed by atoms with Crippen molar-refractivity contribution in [3.05, 3.63) is 30.1 Å². The second-order valence-corrected chi connectivity index (χ2v) is 3.62. The molecule has 1 aliphatic rings. The molecule has 1 aromatic rings. The van der Waals surface area contributed by atoms with E-state index in [1.54, 1.807) is 6.20 Å². The van der Waals surface area contributed by atoms with Crippen LogP contribution in [0.1, 0.15) is 18.2 Å². The maximum absolute atomic E-state index is 5.22. The van der Waals surface area contributed by atoms with Crippen molar-refractivity contribution in [1.29, 1.82) is 0 Å². The molecule has 0 amide bonds. The molecule has 0 fully saturated rings. The molecule has 3 nitrogen and oxygen atoms in total. The van der Waals surface area contributed by atoms with Gasteiger partial charge in [0.25, 0.3) is 0 Å². The molecular formula is C9H9AsN2O. The molecular weight excluding hydrogens is 227 g/mol. The van der Waals surface area contributed by atoms with E-state index in [-0.39, 0.29) is 6.04 Å². The fourth-order valence-corrected chi connectivity index (χ4v) is 1.77. The van der Waals surface area contributed by atoms with Crippen molar-refractivity contribution in [3.63, 3.8) is 0 Å². The van der Waals surface area contributed by atoms with E-state index in [9.17, 15) is 0 Å². The Hall–Kier alpha value is -0.822. The van der Waals surface area contributed by atoms with Crippen LogP contribution in [-0.4, -0.2) is 33.1 Å². The molecule has 4 heteroatoms. The summed E-state index contributed by atoms with van der Waals surface area (Å²) >= 11 is 2.33. The van der Waals surface area contributed by atoms with Gasteiger partial charge in [-0.25, -0.2) is 0 Å². The Bertz CT molecular complexity index is 313. The van der Waals surface area contributed by atoms with Gasteiger partial charge >= 0.3 is 85.4 Å². The summed E-state index contributed by atoms with van der Waals surface area (Å²) in [4.78, 5) is 8.62. The molecule has 0 N–H and O–H groups in total. The molecule has 0 spiro atoms. The first-order chi connectivity index (χ1) is 6.36. The number of aliphatic imine (C=N–C) groups is 1. The van der Waals surface area contributed by atoms with Crippen molar-refractivity contribution in [2.75, 3.05) is 6.61 Å². The molecule has 0 aromatic carbocycles. The first kappa shape index (κ1) is 8.76. The molecule has 0 aliphatic carbocycles. The van der Waals surface area contributed by atoms with Gasteiger partial charge in [0, 0.05) is 0 Å². The van der Waals surface area contributed by atoms with E-state index in [1.165, 1.54) is 0 Å². The van der Waals surface area contributed by atoms with Crippen LogP contribution in [0.5, 0.6) is 0 Å². The van der Waals surface area contributed by atoms with Gasteiger partial charge in [0.05, 0.1) is 0 Å². The summed E-state index contributed by atoms with van der Waals surface area (Å²) in [5.74, 6) is 0. The number of pyridine rings is 1. The van der Waals surface area contributed by atoms with Gasteiger partial charge in [-0.2, -0.15) is 0 Å². The summed E-state index contributed by atoms with van der Waals surface area (Å²) in [6.07, 6.45) is 2.71. The summed E-state index contributed by atoms with van der Waals surface area (Å²) < 4.78 is 5.93. The predicted octanol–water partition coefficient (Wildman–Crippen LogP) is 1.07. The number of hydrogen-bond acceptors (Lipinski definition) is 3. The van der Waals surface area contributed by atoms with Gasteiger partial charge in [0.2, 0.25) is 0 Å². The fourth-order valence-electron chi connectivity index (χ4n) is 1.28. The molecule has 1 atom stereocenters. The normalized spacial score (nSPS) is 21.9. The average Bonchev–Trinajstić information content (AvgIpc) is 2.19. The third-order valence-electron chi connectivity index (χ3n) is 1.92. The molecule has 2 rings (SSSR count). The SMILES string of the molecule is [As]C1=NC(c2ccccn2)CCO1. The molecule has 1 aromatic heterocycles. The van der Waals surface area contributed by atoms with Gasteiger partial charge in [0.1, 0.15) is 0 Å². The van der Waals surface area contributed by atoms with E-state index in [2.05, 4.69) is 26.8 Å². The third kappa shape index (κ3) is 2.10. The fraction of sp³-hybridized carbons (Fsp3) is 0.333. The van der Waals surface area contributed by atoms with E-state index in [1.807, 2.05) is 18.2 Å². The first-order valence-electron chi connectivity index (χ1n) is 4.17. The number of aromatic nitrogens is 1. The van der Waals surface area contributed by atoms with Gasteiger partial charge in [-0.1, -0.05) is 0 Å². The van der Waals surface area contributed by atoms with Crippen molar-refractivity contribution >= 4 is 21.5 Å². The zero-order chi connectivity index (χ0) is 9.10. The van der Waals surface area contributed by atoms with Crippen LogP contribution in [0.15, 0.2) is 29.4 Å². The van der Waals surface area contributed by atoms with Crippen molar-refractivity contribution in [2.45, 2.75) is 12.5 Å². The monoisotopic (exact) mass is 236 g/mol. The molecule has 0 saturated heterocycles. The van der Waals surface area contributed by atoms with Crippen LogP contribution >= 0.6 is 0 Å². The summed E-state index contributed by atoms with van der Waals surface area (Å²) in [5.41, 5.74) is 1.02. The Morgan fingerprint density at radius 1 is 1.46 bits per heavy atom. The Labute approximate surface area is 85.7 Å². The van der Waals surface area contributed by atoms with Crippen LogP contribution in [0, 0.1) is 0 Å². The number of nitrogens with zero attached hydrogens (tertiary/aromatic N) is 2. The molecule has 66 valence electrons. The number of ether oxygens (including phenoxy) is 1. The van der Waals surface area contributed by atoms with E-state index in [4.69, 9.17) is 4.74 Å². The summed E-state index contributed by atoms with van der Waals surface area (Å²) in [5, 5.41) is 0. The van der Waals surface area contributed by atoms with Crippen molar-refractivity contribution in [2.24, 2.45) is 4.99 Å². The second-order valence-electron chi connectivity index (χ2n) is 2.82. The Morgan fingerprint density at radius 2 is 2.38 bits per heavy atom. The van der Waals surface area contributed by atoms with Crippen LogP contribution in [0.3, 0.4) is 0 Å². The Balaban J connectivity index is 2.22. The molecule has 1 unspecified atom stereocenters. The van der Waals surface area contributed by atoms with E-state index in [0.29, 0.717) is 4.69 Å². The number of hydrogen-bond donors (Lipinski definition) is 0. The van der Waals surface area contributed by atoms with Gasteiger partial charge in [-0.15, -0.1) is 0 Å². The molecule has 0 saturated carbocycles. The standard InChI is InChI=1S/C9H9AsN2O/c10-9-12-8(4-6-13-9)7-3-1-2-5-11-7/h1-3,5,8H,4,6H2. The maximum atomic E-state index is 5.22. The van der Waals surface area contributed by atoms with Gasteiger partial charge in [-0.05, 0) is 0 Å². The molecule has 2 radical (unpaired) electrons. The number of rotatable bonds is 1. The van der Waals surface area contributed by atoms with Crippen LogP contribution < -0.4 is 0 Å². The van der Waals surface area contributed by atoms with Gasteiger partial charge in [-0.3, -0.25) is 0 Å². The quantitative estimate of drug-likeness (QED) is 0.683. The molecule has 2 heterocycles. The van der Waals surface area contributed by atoms with Crippen LogP contribution in [0.2, 0.25) is 0 Å². The van der Waals surface area contributed by atoms with E-state index < -0.39 is 0 Å². The van der Waals surface area contributed by atoms with Crippen molar-refractivity contribution < 1.29 is 4.74 Å². The van der Waals surface area contributed by atoms with Crippen LogP contribution in [0.25, 0.3) is 0 Å². The van der Waals surface area contributed by atoms with E-state index >= 15 is 0 Å². The molecule has 0 bridgehead atoms. The zero-order valence-electron chi connectivity index (χ0n) is 7.05. The van der Waals surface area contributed by atoms with Crippen LogP contribution in [-0.2, 0) is 4.74 Å². The van der Waals surface area contributed by atoms with Crippen molar-refractivity contribution in [3.8, 4) is 0 Å². The zero-order valence-corrected chi connectivity index (χ0v) is 8.93. The van der Waals surface area contributed by atoms with Gasteiger partial charge in [0.15, 0.2) is 0 Å². The minimum absolute atomic E-state index is 0.174.